The van der Waals surface area contributed by atoms with Crippen LogP contribution in [0.1, 0.15) is 33.6 Å². The zero-order chi connectivity index (χ0) is 14.9. The van der Waals surface area contributed by atoms with E-state index in [0.29, 0.717) is 21.6 Å². The summed E-state index contributed by atoms with van der Waals surface area (Å²) in [4.78, 5) is 17.1. The molecule has 110 valence electrons. The molecule has 0 spiro atoms. The van der Waals surface area contributed by atoms with Crippen molar-refractivity contribution in [3.05, 3.63) is 26.9 Å². The normalized spacial score (nSPS) is 17.3. The molecule has 1 aromatic rings. The molecule has 6 heteroatoms. The van der Waals surface area contributed by atoms with Gasteiger partial charge in [-0.2, -0.15) is 0 Å². The van der Waals surface area contributed by atoms with E-state index < -0.39 is 0 Å². The Balaban J connectivity index is 2.17. The summed E-state index contributed by atoms with van der Waals surface area (Å²) in [6.07, 6.45) is 3.73. The standard InChI is InChI=1S/C14H20BrN3O2/c1-14(2,3)10-4-6-17(7-5-10)13-12(18(19)20)8-11(15)9-16-13/h8-10H,4-7H2,1-3H3. The van der Waals surface area contributed by atoms with Crippen LogP contribution in [0.5, 0.6) is 0 Å². The molecule has 0 radical (unpaired) electrons. The molecule has 0 bridgehead atoms. The van der Waals surface area contributed by atoms with Gasteiger partial charge in [0.1, 0.15) is 0 Å². The van der Waals surface area contributed by atoms with Crippen molar-refractivity contribution in [1.29, 1.82) is 0 Å². The summed E-state index contributed by atoms with van der Waals surface area (Å²) < 4.78 is 0.637. The maximum Gasteiger partial charge on any atom is 0.312 e. The van der Waals surface area contributed by atoms with Gasteiger partial charge in [0.2, 0.25) is 5.82 Å². The van der Waals surface area contributed by atoms with Gasteiger partial charge in [0, 0.05) is 29.8 Å². The first-order valence-corrected chi connectivity index (χ1v) is 7.63. The van der Waals surface area contributed by atoms with E-state index in [1.807, 2.05) is 4.90 Å². The van der Waals surface area contributed by atoms with Crippen LogP contribution in [0.3, 0.4) is 0 Å². The third-order valence-corrected chi connectivity index (χ3v) is 4.46. The lowest BCUT2D eigenvalue weighted by Crippen LogP contribution is -2.38. The second-order valence-electron chi connectivity index (χ2n) is 6.38. The van der Waals surface area contributed by atoms with E-state index in [4.69, 9.17) is 0 Å². The van der Waals surface area contributed by atoms with Crippen molar-refractivity contribution in [2.45, 2.75) is 33.6 Å². The Bertz CT molecular complexity index is 506. The van der Waals surface area contributed by atoms with Crippen LogP contribution >= 0.6 is 15.9 Å². The predicted molar refractivity (Wildman–Crippen MR) is 83.0 cm³/mol. The number of aromatic nitrogens is 1. The monoisotopic (exact) mass is 341 g/mol. The van der Waals surface area contributed by atoms with Gasteiger partial charge in [0.05, 0.1) is 4.92 Å². The number of halogens is 1. The summed E-state index contributed by atoms with van der Waals surface area (Å²) in [5.41, 5.74) is 0.374. The number of nitro groups is 1. The van der Waals surface area contributed by atoms with Gasteiger partial charge in [0.25, 0.3) is 0 Å². The van der Waals surface area contributed by atoms with Crippen LogP contribution in [-0.2, 0) is 0 Å². The van der Waals surface area contributed by atoms with E-state index >= 15 is 0 Å². The number of nitrogens with zero attached hydrogens (tertiary/aromatic N) is 3. The molecule has 1 aliphatic heterocycles. The molecule has 0 aromatic carbocycles. The highest BCUT2D eigenvalue weighted by molar-refractivity contribution is 9.10. The van der Waals surface area contributed by atoms with Gasteiger partial charge >= 0.3 is 5.69 Å². The first-order valence-electron chi connectivity index (χ1n) is 6.84. The number of hydrogen-bond donors (Lipinski definition) is 0. The first kappa shape index (κ1) is 15.2. The Morgan fingerprint density at radius 3 is 2.50 bits per heavy atom. The number of pyridine rings is 1. The molecule has 1 aromatic heterocycles. The van der Waals surface area contributed by atoms with Crippen molar-refractivity contribution in [2.24, 2.45) is 11.3 Å². The van der Waals surface area contributed by atoms with E-state index in [1.54, 1.807) is 6.20 Å². The lowest BCUT2D eigenvalue weighted by molar-refractivity contribution is -0.384. The topological polar surface area (TPSA) is 59.3 Å². The lowest BCUT2D eigenvalue weighted by atomic mass is 9.75. The zero-order valence-corrected chi connectivity index (χ0v) is 13.7. The number of rotatable bonds is 2. The summed E-state index contributed by atoms with van der Waals surface area (Å²) in [6, 6.07) is 1.53. The minimum atomic E-state index is -0.358. The van der Waals surface area contributed by atoms with E-state index in [-0.39, 0.29) is 10.6 Å². The molecule has 20 heavy (non-hydrogen) atoms. The van der Waals surface area contributed by atoms with E-state index in [9.17, 15) is 10.1 Å². The molecule has 0 aliphatic carbocycles. The molecule has 0 atom stereocenters. The summed E-state index contributed by atoms with van der Waals surface area (Å²) in [7, 11) is 0. The van der Waals surface area contributed by atoms with Crippen LogP contribution in [0.4, 0.5) is 11.5 Å². The van der Waals surface area contributed by atoms with Crippen molar-refractivity contribution < 1.29 is 4.92 Å². The largest absolute Gasteiger partial charge is 0.351 e. The minimum absolute atomic E-state index is 0.0774. The van der Waals surface area contributed by atoms with Crippen LogP contribution < -0.4 is 4.90 Å². The average Bonchev–Trinajstić information content (AvgIpc) is 2.37. The van der Waals surface area contributed by atoms with Crippen LogP contribution in [0.2, 0.25) is 0 Å². The highest BCUT2D eigenvalue weighted by atomic mass is 79.9. The van der Waals surface area contributed by atoms with Crippen LogP contribution in [-0.4, -0.2) is 23.0 Å². The van der Waals surface area contributed by atoms with Gasteiger partial charge in [0.15, 0.2) is 0 Å². The Kier molecular flexibility index (Phi) is 4.32. The minimum Gasteiger partial charge on any atom is -0.351 e. The third-order valence-electron chi connectivity index (χ3n) is 4.03. The summed E-state index contributed by atoms with van der Waals surface area (Å²) in [6.45, 7) is 8.43. The van der Waals surface area contributed by atoms with Gasteiger partial charge in [-0.15, -0.1) is 0 Å². The summed E-state index contributed by atoms with van der Waals surface area (Å²) in [5, 5.41) is 11.2. The van der Waals surface area contributed by atoms with Crippen molar-refractivity contribution >= 4 is 27.4 Å². The fourth-order valence-corrected chi connectivity index (χ4v) is 3.08. The zero-order valence-electron chi connectivity index (χ0n) is 12.1. The molecule has 0 unspecified atom stereocenters. The van der Waals surface area contributed by atoms with E-state index in [1.165, 1.54) is 6.07 Å². The van der Waals surface area contributed by atoms with Crippen molar-refractivity contribution in [3.63, 3.8) is 0 Å². The summed E-state index contributed by atoms with van der Waals surface area (Å²) in [5.74, 6) is 1.15. The highest BCUT2D eigenvalue weighted by Crippen LogP contribution is 2.37. The molecule has 1 aliphatic rings. The van der Waals surface area contributed by atoms with Gasteiger partial charge < -0.3 is 4.90 Å². The average molecular weight is 342 g/mol. The maximum absolute atomic E-state index is 11.2. The van der Waals surface area contributed by atoms with Crippen LogP contribution in [0.15, 0.2) is 16.7 Å². The molecule has 0 N–H and O–H groups in total. The lowest BCUT2D eigenvalue weighted by Gasteiger charge is -2.39. The Morgan fingerprint density at radius 2 is 2.00 bits per heavy atom. The Labute approximate surface area is 127 Å². The SMILES string of the molecule is CC(C)(C)C1CCN(c2ncc(Br)cc2[N+](=O)[O-])CC1. The molecule has 2 rings (SSSR count). The van der Waals surface area contributed by atoms with Crippen molar-refractivity contribution in [1.82, 2.24) is 4.98 Å². The molecule has 2 heterocycles. The van der Waals surface area contributed by atoms with E-state index in [2.05, 4.69) is 41.7 Å². The smallest absolute Gasteiger partial charge is 0.312 e. The number of piperidine rings is 1. The highest BCUT2D eigenvalue weighted by Gasteiger charge is 2.31. The molecular formula is C14H20BrN3O2. The summed E-state index contributed by atoms with van der Waals surface area (Å²) >= 11 is 3.24. The predicted octanol–water partition coefficient (Wildman–Crippen LogP) is 4.01. The second-order valence-corrected chi connectivity index (χ2v) is 7.30. The third kappa shape index (κ3) is 3.29. The quantitative estimate of drug-likeness (QED) is 0.602. The van der Waals surface area contributed by atoms with E-state index in [0.717, 1.165) is 25.9 Å². The Morgan fingerprint density at radius 1 is 1.40 bits per heavy atom. The molecule has 1 fully saturated rings. The first-order chi connectivity index (χ1) is 9.29. The van der Waals surface area contributed by atoms with Crippen LogP contribution in [0.25, 0.3) is 0 Å². The maximum atomic E-state index is 11.2. The fraction of sp³-hybridized carbons (Fsp3) is 0.643. The van der Waals surface area contributed by atoms with Crippen molar-refractivity contribution in [3.8, 4) is 0 Å². The fourth-order valence-electron chi connectivity index (χ4n) is 2.76. The number of hydrogen-bond acceptors (Lipinski definition) is 4. The Hall–Kier alpha value is -1.17. The van der Waals surface area contributed by atoms with Gasteiger partial charge in [-0.25, -0.2) is 4.98 Å². The van der Waals surface area contributed by atoms with Crippen LogP contribution in [0, 0.1) is 21.4 Å². The van der Waals surface area contributed by atoms with Gasteiger partial charge in [-0.1, -0.05) is 20.8 Å². The van der Waals surface area contributed by atoms with Gasteiger partial charge in [-0.3, -0.25) is 10.1 Å². The second kappa shape index (κ2) is 5.68. The molecule has 1 saturated heterocycles. The van der Waals surface area contributed by atoms with Crippen molar-refractivity contribution in [2.75, 3.05) is 18.0 Å². The molecule has 5 nitrogen and oxygen atoms in total. The molecular weight excluding hydrogens is 322 g/mol. The molecule has 0 saturated carbocycles. The van der Waals surface area contributed by atoms with Gasteiger partial charge in [-0.05, 0) is 40.1 Å². The molecule has 0 amide bonds. The number of anilines is 1.